The number of benzene rings is 1. The van der Waals surface area contributed by atoms with Crippen molar-refractivity contribution in [3.05, 3.63) is 44.8 Å². The van der Waals surface area contributed by atoms with E-state index in [1.807, 2.05) is 12.3 Å². The lowest BCUT2D eigenvalue weighted by Gasteiger charge is -2.15. The van der Waals surface area contributed by atoms with E-state index in [-0.39, 0.29) is 11.7 Å². The molecule has 0 radical (unpaired) electrons. The van der Waals surface area contributed by atoms with Crippen LogP contribution in [-0.2, 0) is 0 Å². The van der Waals surface area contributed by atoms with Gasteiger partial charge >= 0.3 is 0 Å². The number of rotatable bonds is 3. The molecule has 1 heterocycles. The normalized spacial score (nSPS) is 12.5. The third kappa shape index (κ3) is 2.81. The summed E-state index contributed by atoms with van der Waals surface area (Å²) in [7, 11) is 0. The number of anilines is 1. The highest BCUT2D eigenvalue weighted by molar-refractivity contribution is 9.10. The van der Waals surface area contributed by atoms with Crippen LogP contribution in [0.15, 0.2) is 28.2 Å². The van der Waals surface area contributed by atoms with E-state index in [1.54, 1.807) is 6.20 Å². The van der Waals surface area contributed by atoms with E-state index in [2.05, 4.69) is 26.2 Å². The number of hydrogen-bond acceptors (Lipinski definition) is 3. The summed E-state index contributed by atoms with van der Waals surface area (Å²) >= 11 is 4.61. The van der Waals surface area contributed by atoms with Crippen LogP contribution in [0.2, 0.25) is 0 Å². The molecule has 0 aliphatic heterocycles. The molecule has 1 unspecified atom stereocenters. The summed E-state index contributed by atoms with van der Waals surface area (Å²) < 4.78 is 26.8. The van der Waals surface area contributed by atoms with Crippen LogP contribution < -0.4 is 5.32 Å². The van der Waals surface area contributed by atoms with E-state index in [0.717, 1.165) is 11.1 Å². The SMILES string of the molecule is CC(Nc1c(F)cc(F)cc1Br)c1nccs1. The van der Waals surface area contributed by atoms with Gasteiger partial charge in [-0.15, -0.1) is 11.3 Å². The van der Waals surface area contributed by atoms with E-state index in [4.69, 9.17) is 0 Å². The first-order valence-electron chi connectivity index (χ1n) is 4.88. The molecule has 1 aromatic heterocycles. The number of halogens is 3. The molecule has 0 aliphatic rings. The number of thiazole rings is 1. The van der Waals surface area contributed by atoms with Crippen molar-refractivity contribution in [1.29, 1.82) is 0 Å². The monoisotopic (exact) mass is 318 g/mol. The third-order valence-corrected chi connectivity index (χ3v) is 3.77. The summed E-state index contributed by atoms with van der Waals surface area (Å²) in [6, 6.07) is 1.94. The van der Waals surface area contributed by atoms with Gasteiger partial charge in [-0.25, -0.2) is 13.8 Å². The fraction of sp³-hybridized carbons (Fsp3) is 0.182. The number of hydrogen-bond donors (Lipinski definition) is 1. The molecule has 1 atom stereocenters. The summed E-state index contributed by atoms with van der Waals surface area (Å²) in [4.78, 5) is 4.13. The van der Waals surface area contributed by atoms with Crippen molar-refractivity contribution >= 4 is 33.0 Å². The van der Waals surface area contributed by atoms with Crippen LogP contribution in [-0.4, -0.2) is 4.98 Å². The lowest BCUT2D eigenvalue weighted by Crippen LogP contribution is -2.08. The molecular weight excluding hydrogens is 310 g/mol. The van der Waals surface area contributed by atoms with E-state index in [0.29, 0.717) is 4.47 Å². The van der Waals surface area contributed by atoms with Crippen LogP contribution in [0.25, 0.3) is 0 Å². The molecule has 0 fully saturated rings. The van der Waals surface area contributed by atoms with Gasteiger partial charge in [-0.3, -0.25) is 0 Å². The Labute approximate surface area is 110 Å². The molecule has 0 aliphatic carbocycles. The molecule has 17 heavy (non-hydrogen) atoms. The van der Waals surface area contributed by atoms with Gasteiger partial charge < -0.3 is 5.32 Å². The molecule has 0 saturated heterocycles. The maximum atomic E-state index is 13.6. The lowest BCUT2D eigenvalue weighted by atomic mass is 10.2. The Balaban J connectivity index is 2.25. The molecule has 0 saturated carbocycles. The molecule has 0 spiro atoms. The largest absolute Gasteiger partial charge is 0.373 e. The van der Waals surface area contributed by atoms with Gasteiger partial charge in [-0.2, -0.15) is 0 Å². The van der Waals surface area contributed by atoms with E-state index >= 15 is 0 Å². The minimum Gasteiger partial charge on any atom is -0.373 e. The molecule has 2 rings (SSSR count). The maximum absolute atomic E-state index is 13.6. The number of aromatic nitrogens is 1. The first-order chi connectivity index (χ1) is 8.08. The average molecular weight is 319 g/mol. The van der Waals surface area contributed by atoms with Gasteiger partial charge in [0.1, 0.15) is 16.6 Å². The fourth-order valence-electron chi connectivity index (χ4n) is 1.41. The van der Waals surface area contributed by atoms with Crippen molar-refractivity contribution in [2.45, 2.75) is 13.0 Å². The molecule has 6 heteroatoms. The van der Waals surface area contributed by atoms with Crippen LogP contribution in [0, 0.1) is 11.6 Å². The van der Waals surface area contributed by atoms with Gasteiger partial charge in [0, 0.05) is 22.1 Å². The Kier molecular flexibility index (Phi) is 3.73. The molecule has 0 bridgehead atoms. The fourth-order valence-corrected chi connectivity index (χ4v) is 2.58. The van der Waals surface area contributed by atoms with Gasteiger partial charge in [0.05, 0.1) is 11.7 Å². The molecule has 1 N–H and O–H groups in total. The molecule has 2 nitrogen and oxygen atoms in total. The average Bonchev–Trinajstić information content (AvgIpc) is 2.76. The van der Waals surface area contributed by atoms with Gasteiger partial charge in [0.2, 0.25) is 0 Å². The quantitative estimate of drug-likeness (QED) is 0.909. The van der Waals surface area contributed by atoms with E-state index in [1.165, 1.54) is 17.4 Å². The van der Waals surface area contributed by atoms with Crippen molar-refractivity contribution < 1.29 is 8.78 Å². The van der Waals surface area contributed by atoms with E-state index in [9.17, 15) is 8.78 Å². The zero-order chi connectivity index (χ0) is 12.4. The summed E-state index contributed by atoms with van der Waals surface area (Å²) in [6.45, 7) is 1.87. The summed E-state index contributed by atoms with van der Waals surface area (Å²) in [5.74, 6) is -1.23. The predicted molar refractivity (Wildman–Crippen MR) is 68.2 cm³/mol. The minimum absolute atomic E-state index is 0.133. The Hall–Kier alpha value is -1.01. The highest BCUT2D eigenvalue weighted by Gasteiger charge is 2.14. The maximum Gasteiger partial charge on any atom is 0.150 e. The third-order valence-electron chi connectivity index (χ3n) is 2.19. The Morgan fingerprint density at radius 1 is 1.41 bits per heavy atom. The second kappa shape index (κ2) is 5.10. The molecular formula is C11H9BrF2N2S. The first-order valence-corrected chi connectivity index (χ1v) is 6.55. The molecule has 2 aromatic rings. The summed E-state index contributed by atoms with van der Waals surface area (Å²) in [5, 5.41) is 5.67. The molecule has 1 aromatic carbocycles. The van der Waals surface area contributed by atoms with Crippen molar-refractivity contribution in [2.24, 2.45) is 0 Å². The number of nitrogens with zero attached hydrogens (tertiary/aromatic N) is 1. The van der Waals surface area contributed by atoms with Crippen LogP contribution in [0.1, 0.15) is 18.0 Å². The van der Waals surface area contributed by atoms with Crippen molar-refractivity contribution in [3.8, 4) is 0 Å². The highest BCUT2D eigenvalue weighted by atomic mass is 79.9. The number of nitrogens with one attached hydrogen (secondary N) is 1. The van der Waals surface area contributed by atoms with Crippen LogP contribution in [0.5, 0.6) is 0 Å². The first kappa shape index (κ1) is 12.4. The van der Waals surface area contributed by atoms with Gasteiger partial charge in [-0.05, 0) is 28.9 Å². The van der Waals surface area contributed by atoms with Crippen LogP contribution in [0.3, 0.4) is 0 Å². The smallest absolute Gasteiger partial charge is 0.150 e. The van der Waals surface area contributed by atoms with Gasteiger partial charge in [-0.1, -0.05) is 0 Å². The van der Waals surface area contributed by atoms with Gasteiger partial charge in [0.25, 0.3) is 0 Å². The van der Waals surface area contributed by atoms with E-state index < -0.39 is 11.6 Å². The second-order valence-electron chi connectivity index (χ2n) is 3.48. The topological polar surface area (TPSA) is 24.9 Å². The standard InChI is InChI=1S/C11H9BrF2N2S/c1-6(11-15-2-3-17-11)16-10-8(12)4-7(13)5-9(10)14/h2-6,16H,1H3. The molecule has 90 valence electrons. The van der Waals surface area contributed by atoms with Crippen LogP contribution in [0.4, 0.5) is 14.5 Å². The minimum atomic E-state index is -0.625. The summed E-state index contributed by atoms with van der Waals surface area (Å²) in [5.41, 5.74) is 0.245. The van der Waals surface area contributed by atoms with Gasteiger partial charge in [0.15, 0.2) is 0 Å². The zero-order valence-corrected chi connectivity index (χ0v) is 11.3. The van der Waals surface area contributed by atoms with Crippen molar-refractivity contribution in [1.82, 2.24) is 4.98 Å². The summed E-state index contributed by atoms with van der Waals surface area (Å²) in [6.07, 6.45) is 1.69. The molecule has 0 amide bonds. The zero-order valence-electron chi connectivity index (χ0n) is 8.88. The highest BCUT2D eigenvalue weighted by Crippen LogP contribution is 2.30. The van der Waals surface area contributed by atoms with Crippen molar-refractivity contribution in [2.75, 3.05) is 5.32 Å². The lowest BCUT2D eigenvalue weighted by molar-refractivity contribution is 0.582. The second-order valence-corrected chi connectivity index (χ2v) is 5.26. The van der Waals surface area contributed by atoms with Crippen molar-refractivity contribution in [3.63, 3.8) is 0 Å². The predicted octanol–water partition coefficient (Wildman–Crippen LogP) is 4.36. The van der Waals surface area contributed by atoms with Crippen LogP contribution >= 0.6 is 27.3 Å². The Bertz CT molecular complexity index is 493. The Morgan fingerprint density at radius 3 is 2.76 bits per heavy atom. The Morgan fingerprint density at radius 2 is 2.18 bits per heavy atom.